The Morgan fingerprint density at radius 2 is 2.05 bits per heavy atom. The molecule has 0 amide bonds. The summed E-state index contributed by atoms with van der Waals surface area (Å²) in [5, 5.41) is 8.96. The molecule has 1 aliphatic rings. The predicted molar refractivity (Wildman–Crippen MR) is 83.1 cm³/mol. The Bertz CT molecular complexity index is 598. The molecule has 0 aliphatic carbocycles. The highest BCUT2D eigenvalue weighted by atomic mass is 32.2. The maximum absolute atomic E-state index is 12.7. The van der Waals surface area contributed by atoms with E-state index >= 15 is 0 Å². The Hall–Kier alpha value is -1.05. The van der Waals surface area contributed by atoms with Crippen LogP contribution in [0.3, 0.4) is 0 Å². The highest BCUT2D eigenvalue weighted by Crippen LogP contribution is 2.26. The van der Waals surface area contributed by atoms with E-state index in [0.717, 1.165) is 12.0 Å². The van der Waals surface area contributed by atoms with E-state index < -0.39 is 22.0 Å². The second-order valence-corrected chi connectivity index (χ2v) is 7.98. The molecule has 1 atom stereocenters. The van der Waals surface area contributed by atoms with Crippen LogP contribution in [0.5, 0.6) is 0 Å². The summed E-state index contributed by atoms with van der Waals surface area (Å²) in [7, 11) is -3.63. The quantitative estimate of drug-likeness (QED) is 0.892. The van der Waals surface area contributed by atoms with E-state index in [1.807, 2.05) is 6.92 Å². The first-order valence-electron chi connectivity index (χ1n) is 6.85. The van der Waals surface area contributed by atoms with Crippen molar-refractivity contribution in [1.29, 1.82) is 0 Å². The van der Waals surface area contributed by atoms with Gasteiger partial charge in [0.25, 0.3) is 0 Å². The molecule has 1 fully saturated rings. The fourth-order valence-corrected chi connectivity index (χ4v) is 5.25. The molecule has 5 nitrogen and oxygen atoms in total. The smallest absolute Gasteiger partial charge is 0.305 e. The average Bonchev–Trinajstić information content (AvgIpc) is 2.47. The van der Waals surface area contributed by atoms with E-state index in [2.05, 4.69) is 0 Å². The molecule has 1 saturated heterocycles. The molecule has 7 heteroatoms. The lowest BCUT2D eigenvalue weighted by molar-refractivity contribution is -0.137. The molecule has 1 heterocycles. The van der Waals surface area contributed by atoms with Crippen LogP contribution < -0.4 is 0 Å². The summed E-state index contributed by atoms with van der Waals surface area (Å²) in [4.78, 5) is 11.2. The van der Waals surface area contributed by atoms with Gasteiger partial charge in [0.15, 0.2) is 0 Å². The molecule has 1 unspecified atom stereocenters. The standard InChI is InChI=1S/C14H19NO4S2/c1-2-11-3-5-13(6-4-11)21(18,19)15-7-8-20-10-12(15)9-14(16)17/h3-6,12H,2,7-10H2,1H3,(H,16,17). The van der Waals surface area contributed by atoms with Gasteiger partial charge < -0.3 is 5.11 Å². The van der Waals surface area contributed by atoms with Crippen molar-refractivity contribution in [1.82, 2.24) is 4.31 Å². The van der Waals surface area contributed by atoms with Gasteiger partial charge in [-0.3, -0.25) is 4.79 Å². The van der Waals surface area contributed by atoms with E-state index in [1.54, 1.807) is 36.0 Å². The highest BCUT2D eigenvalue weighted by molar-refractivity contribution is 7.99. The number of sulfonamides is 1. The fraction of sp³-hybridized carbons (Fsp3) is 0.500. The number of aryl methyl sites for hydroxylation is 1. The van der Waals surface area contributed by atoms with Crippen LogP contribution in [-0.4, -0.2) is 47.9 Å². The van der Waals surface area contributed by atoms with E-state index in [0.29, 0.717) is 18.1 Å². The van der Waals surface area contributed by atoms with Crippen molar-refractivity contribution in [2.24, 2.45) is 0 Å². The van der Waals surface area contributed by atoms with Gasteiger partial charge in [-0.05, 0) is 24.1 Å². The molecule has 0 spiro atoms. The van der Waals surface area contributed by atoms with E-state index in [9.17, 15) is 13.2 Å². The third-order valence-electron chi connectivity index (χ3n) is 3.52. The molecule has 116 valence electrons. The van der Waals surface area contributed by atoms with Gasteiger partial charge in [0.1, 0.15) is 0 Å². The van der Waals surface area contributed by atoms with Crippen LogP contribution in [0, 0.1) is 0 Å². The molecule has 2 rings (SSSR count). The Morgan fingerprint density at radius 3 is 2.62 bits per heavy atom. The third-order valence-corrected chi connectivity index (χ3v) is 6.58. The van der Waals surface area contributed by atoms with E-state index in [4.69, 9.17) is 5.11 Å². The van der Waals surface area contributed by atoms with Crippen LogP contribution in [0.15, 0.2) is 29.2 Å². The first-order valence-corrected chi connectivity index (χ1v) is 9.45. The van der Waals surface area contributed by atoms with Crippen LogP contribution in [0.1, 0.15) is 18.9 Å². The van der Waals surface area contributed by atoms with Gasteiger partial charge in [-0.2, -0.15) is 16.1 Å². The van der Waals surface area contributed by atoms with E-state index in [1.165, 1.54) is 4.31 Å². The van der Waals surface area contributed by atoms with Crippen molar-refractivity contribution in [3.63, 3.8) is 0 Å². The summed E-state index contributed by atoms with van der Waals surface area (Å²) in [6.45, 7) is 2.37. The summed E-state index contributed by atoms with van der Waals surface area (Å²) < 4.78 is 26.8. The first-order chi connectivity index (χ1) is 9.95. The SMILES string of the molecule is CCc1ccc(S(=O)(=O)N2CCSCC2CC(=O)O)cc1. The van der Waals surface area contributed by atoms with Crippen molar-refractivity contribution in [2.45, 2.75) is 30.7 Å². The number of nitrogens with zero attached hydrogens (tertiary/aromatic N) is 1. The topological polar surface area (TPSA) is 74.7 Å². The molecule has 1 aliphatic heterocycles. The maximum atomic E-state index is 12.7. The van der Waals surface area contributed by atoms with Crippen LogP contribution in [0.2, 0.25) is 0 Å². The minimum absolute atomic E-state index is 0.153. The lowest BCUT2D eigenvalue weighted by Gasteiger charge is -2.33. The van der Waals surface area contributed by atoms with Crippen molar-refractivity contribution < 1.29 is 18.3 Å². The van der Waals surface area contributed by atoms with Gasteiger partial charge in [-0.1, -0.05) is 19.1 Å². The molecule has 1 N–H and O–H groups in total. The van der Waals surface area contributed by atoms with Gasteiger partial charge in [0.05, 0.1) is 11.3 Å². The molecule has 0 aromatic heterocycles. The zero-order valence-electron chi connectivity index (χ0n) is 11.9. The van der Waals surface area contributed by atoms with Crippen LogP contribution in [-0.2, 0) is 21.2 Å². The number of carboxylic acid groups (broad SMARTS) is 1. The number of thioether (sulfide) groups is 1. The normalized spacial score (nSPS) is 20.3. The van der Waals surface area contributed by atoms with Crippen molar-refractivity contribution in [3.8, 4) is 0 Å². The van der Waals surface area contributed by atoms with Gasteiger partial charge in [0.2, 0.25) is 10.0 Å². The molecular formula is C14H19NO4S2. The Labute approximate surface area is 129 Å². The largest absolute Gasteiger partial charge is 0.481 e. The Kier molecular flexibility index (Phi) is 5.29. The van der Waals surface area contributed by atoms with Crippen molar-refractivity contribution >= 4 is 27.8 Å². The summed E-state index contributed by atoms with van der Waals surface area (Å²) in [6, 6.07) is 6.34. The van der Waals surface area contributed by atoms with Gasteiger partial charge in [-0.25, -0.2) is 8.42 Å². The number of rotatable bonds is 5. The van der Waals surface area contributed by atoms with Gasteiger partial charge in [-0.15, -0.1) is 0 Å². The molecule has 0 bridgehead atoms. The van der Waals surface area contributed by atoms with E-state index in [-0.39, 0.29) is 11.3 Å². The zero-order chi connectivity index (χ0) is 15.5. The molecule has 21 heavy (non-hydrogen) atoms. The summed E-state index contributed by atoms with van der Waals surface area (Å²) in [6.07, 6.45) is 0.696. The molecule has 1 aromatic carbocycles. The molecule has 1 aromatic rings. The molecule has 0 saturated carbocycles. The van der Waals surface area contributed by atoms with Gasteiger partial charge >= 0.3 is 5.97 Å². The van der Waals surface area contributed by atoms with Crippen molar-refractivity contribution in [3.05, 3.63) is 29.8 Å². The number of carboxylic acids is 1. The van der Waals surface area contributed by atoms with Crippen LogP contribution in [0.4, 0.5) is 0 Å². The average molecular weight is 329 g/mol. The van der Waals surface area contributed by atoms with Crippen LogP contribution >= 0.6 is 11.8 Å². The number of benzene rings is 1. The third kappa shape index (κ3) is 3.78. The predicted octanol–water partition coefficient (Wildman–Crippen LogP) is 1.83. The highest BCUT2D eigenvalue weighted by Gasteiger charge is 2.34. The summed E-state index contributed by atoms with van der Waals surface area (Å²) in [5.74, 6) is 0.255. The lowest BCUT2D eigenvalue weighted by atomic mass is 10.2. The molecular weight excluding hydrogens is 310 g/mol. The summed E-state index contributed by atoms with van der Waals surface area (Å²) in [5.41, 5.74) is 1.07. The monoisotopic (exact) mass is 329 g/mol. The Balaban J connectivity index is 2.28. The number of aliphatic carboxylic acids is 1. The minimum Gasteiger partial charge on any atom is -0.481 e. The number of carbonyl (C=O) groups is 1. The molecule has 0 radical (unpaired) electrons. The fourth-order valence-electron chi connectivity index (χ4n) is 2.35. The number of hydrogen-bond acceptors (Lipinski definition) is 4. The Morgan fingerprint density at radius 1 is 1.38 bits per heavy atom. The second kappa shape index (κ2) is 6.81. The lowest BCUT2D eigenvalue weighted by Crippen LogP contribution is -2.46. The minimum atomic E-state index is -3.63. The van der Waals surface area contributed by atoms with Crippen LogP contribution in [0.25, 0.3) is 0 Å². The zero-order valence-corrected chi connectivity index (χ0v) is 13.5. The first kappa shape index (κ1) is 16.3. The van der Waals surface area contributed by atoms with Crippen molar-refractivity contribution in [2.75, 3.05) is 18.1 Å². The maximum Gasteiger partial charge on any atom is 0.305 e. The summed E-state index contributed by atoms with van der Waals surface area (Å²) >= 11 is 1.60. The number of hydrogen-bond donors (Lipinski definition) is 1. The second-order valence-electron chi connectivity index (χ2n) is 4.94. The van der Waals surface area contributed by atoms with Gasteiger partial charge in [0, 0.05) is 24.1 Å².